The van der Waals surface area contributed by atoms with Gasteiger partial charge in [-0.3, -0.25) is 0 Å². The highest BCUT2D eigenvalue weighted by atomic mass is 79.9. The summed E-state index contributed by atoms with van der Waals surface area (Å²) in [6.07, 6.45) is 6.68. The molecule has 0 unspecified atom stereocenters. The number of hydrogen-bond donors (Lipinski definition) is 1. The number of aromatic nitrogens is 2. The van der Waals surface area contributed by atoms with Crippen LogP contribution in [-0.4, -0.2) is 10.1 Å². The summed E-state index contributed by atoms with van der Waals surface area (Å²) in [5.74, 6) is 1.23. The Kier molecular flexibility index (Phi) is 3.73. The molecule has 0 amide bonds. The fourth-order valence-electron chi connectivity index (χ4n) is 2.54. The molecule has 1 aliphatic rings. The fourth-order valence-corrected chi connectivity index (χ4v) is 3.85. The molecule has 0 spiro atoms. The van der Waals surface area contributed by atoms with E-state index in [1.807, 2.05) is 12.1 Å². The monoisotopic (exact) mass is 341 g/mol. The highest BCUT2D eigenvalue weighted by molar-refractivity contribution is 9.11. The van der Waals surface area contributed by atoms with Crippen LogP contribution in [0, 0.1) is 0 Å². The minimum absolute atomic E-state index is 0.410. The van der Waals surface area contributed by atoms with Crippen LogP contribution in [0.1, 0.15) is 44.3 Å². The second-order valence-corrected chi connectivity index (χ2v) is 7.56. The molecule has 2 aromatic rings. The molecule has 19 heavy (non-hydrogen) atoms. The number of hydrogen-bond acceptors (Lipinski definition) is 5. The summed E-state index contributed by atoms with van der Waals surface area (Å²) in [6.45, 7) is 0. The molecule has 102 valence electrons. The predicted octanol–water partition coefficient (Wildman–Crippen LogP) is 4.07. The van der Waals surface area contributed by atoms with Crippen LogP contribution >= 0.6 is 27.3 Å². The summed E-state index contributed by atoms with van der Waals surface area (Å²) >= 11 is 5.02. The van der Waals surface area contributed by atoms with E-state index in [1.165, 1.54) is 12.8 Å². The zero-order valence-electron chi connectivity index (χ0n) is 10.6. The molecule has 1 aliphatic carbocycles. The smallest absolute Gasteiger partial charge is 0.268 e. The molecule has 3 rings (SSSR count). The fraction of sp³-hybridized carbons (Fsp3) is 0.538. The van der Waals surface area contributed by atoms with Gasteiger partial charge < -0.3 is 10.3 Å². The van der Waals surface area contributed by atoms with Gasteiger partial charge in [0.1, 0.15) is 0 Å². The van der Waals surface area contributed by atoms with Crippen molar-refractivity contribution in [2.45, 2.75) is 44.1 Å². The lowest BCUT2D eigenvalue weighted by atomic mass is 9.91. The van der Waals surface area contributed by atoms with Crippen molar-refractivity contribution in [2.75, 3.05) is 0 Å². The molecule has 0 atom stereocenters. The van der Waals surface area contributed by atoms with Gasteiger partial charge >= 0.3 is 0 Å². The number of halogens is 1. The third-order valence-corrected chi connectivity index (χ3v) is 5.26. The zero-order valence-corrected chi connectivity index (χ0v) is 13.0. The van der Waals surface area contributed by atoms with Crippen molar-refractivity contribution in [2.24, 2.45) is 5.73 Å². The highest BCUT2D eigenvalue weighted by Crippen LogP contribution is 2.35. The minimum atomic E-state index is -0.410. The first-order chi connectivity index (χ1) is 9.17. The van der Waals surface area contributed by atoms with Gasteiger partial charge in [-0.15, -0.1) is 11.3 Å². The zero-order chi connectivity index (χ0) is 13.3. The Morgan fingerprint density at radius 2 is 1.95 bits per heavy atom. The van der Waals surface area contributed by atoms with Gasteiger partial charge in [0.05, 0.1) is 14.2 Å². The third kappa shape index (κ3) is 2.75. The van der Waals surface area contributed by atoms with Crippen LogP contribution in [0.3, 0.4) is 0 Å². The maximum absolute atomic E-state index is 6.49. The van der Waals surface area contributed by atoms with Crippen molar-refractivity contribution in [1.82, 2.24) is 10.1 Å². The van der Waals surface area contributed by atoms with E-state index < -0.39 is 5.54 Å². The Hall–Kier alpha value is -0.720. The molecule has 0 aromatic carbocycles. The standard InChI is InChI=1S/C13H16BrN3OS/c14-10-6-5-9(19-10)11-16-12(17-18-11)13(15)7-3-1-2-4-8-13/h5-6H,1-4,7-8,15H2. The molecule has 0 aliphatic heterocycles. The van der Waals surface area contributed by atoms with Gasteiger partial charge in [-0.05, 0) is 40.9 Å². The van der Waals surface area contributed by atoms with Gasteiger partial charge in [0.25, 0.3) is 5.89 Å². The number of rotatable bonds is 2. The quantitative estimate of drug-likeness (QED) is 0.836. The average Bonchev–Trinajstić information content (AvgIpc) is 2.97. The first-order valence-electron chi connectivity index (χ1n) is 6.56. The van der Waals surface area contributed by atoms with Gasteiger partial charge in [-0.2, -0.15) is 4.98 Å². The number of nitrogens with zero attached hydrogens (tertiary/aromatic N) is 2. The molecule has 1 fully saturated rings. The predicted molar refractivity (Wildman–Crippen MR) is 78.9 cm³/mol. The van der Waals surface area contributed by atoms with E-state index >= 15 is 0 Å². The summed E-state index contributed by atoms with van der Waals surface area (Å²) in [7, 11) is 0. The van der Waals surface area contributed by atoms with Gasteiger partial charge in [-0.1, -0.05) is 30.8 Å². The highest BCUT2D eigenvalue weighted by Gasteiger charge is 2.33. The normalized spacial score (nSPS) is 19.3. The molecule has 0 saturated heterocycles. The molecule has 2 heterocycles. The van der Waals surface area contributed by atoms with Crippen molar-refractivity contribution in [1.29, 1.82) is 0 Å². The van der Waals surface area contributed by atoms with Gasteiger partial charge in [0.2, 0.25) is 0 Å². The van der Waals surface area contributed by atoms with Crippen molar-refractivity contribution in [3.8, 4) is 10.8 Å². The molecular weight excluding hydrogens is 326 g/mol. The first kappa shape index (κ1) is 13.3. The van der Waals surface area contributed by atoms with Crippen molar-refractivity contribution >= 4 is 27.3 Å². The summed E-state index contributed by atoms with van der Waals surface area (Å²) in [5, 5.41) is 4.12. The third-order valence-electron chi connectivity index (χ3n) is 3.65. The Morgan fingerprint density at radius 3 is 2.58 bits per heavy atom. The van der Waals surface area contributed by atoms with Crippen LogP contribution in [-0.2, 0) is 5.54 Å². The average molecular weight is 342 g/mol. The second-order valence-electron chi connectivity index (χ2n) is 5.10. The SMILES string of the molecule is NC1(c2noc(-c3ccc(Br)s3)n2)CCCCCC1. The van der Waals surface area contributed by atoms with E-state index in [4.69, 9.17) is 10.3 Å². The molecule has 6 heteroatoms. The first-order valence-corrected chi connectivity index (χ1v) is 8.17. The number of thiophene rings is 1. The van der Waals surface area contributed by atoms with Crippen molar-refractivity contribution in [3.63, 3.8) is 0 Å². The van der Waals surface area contributed by atoms with E-state index in [0.29, 0.717) is 11.7 Å². The molecule has 0 bridgehead atoms. The molecule has 2 N–H and O–H groups in total. The second kappa shape index (κ2) is 5.34. The largest absolute Gasteiger partial charge is 0.333 e. The molecular formula is C13H16BrN3OS. The lowest BCUT2D eigenvalue weighted by Gasteiger charge is -2.23. The van der Waals surface area contributed by atoms with Gasteiger partial charge in [0.15, 0.2) is 5.82 Å². The maximum Gasteiger partial charge on any atom is 0.268 e. The van der Waals surface area contributed by atoms with E-state index in [2.05, 4.69) is 26.1 Å². The summed E-state index contributed by atoms with van der Waals surface area (Å²) < 4.78 is 6.43. The molecule has 0 radical (unpaired) electrons. The van der Waals surface area contributed by atoms with Crippen LogP contribution in [0.5, 0.6) is 0 Å². The lowest BCUT2D eigenvalue weighted by molar-refractivity contribution is 0.334. The van der Waals surface area contributed by atoms with Crippen molar-refractivity contribution < 1.29 is 4.52 Å². The minimum Gasteiger partial charge on any atom is -0.333 e. The Morgan fingerprint density at radius 1 is 1.21 bits per heavy atom. The van der Waals surface area contributed by atoms with E-state index in [-0.39, 0.29) is 0 Å². The Bertz CT molecular complexity index is 558. The molecule has 4 nitrogen and oxygen atoms in total. The summed E-state index contributed by atoms with van der Waals surface area (Å²) in [5.41, 5.74) is 6.08. The van der Waals surface area contributed by atoms with E-state index in [1.54, 1.807) is 11.3 Å². The maximum atomic E-state index is 6.49. The Balaban J connectivity index is 1.87. The van der Waals surface area contributed by atoms with E-state index in [0.717, 1.165) is 34.3 Å². The van der Waals surface area contributed by atoms with Crippen LogP contribution in [0.4, 0.5) is 0 Å². The van der Waals surface area contributed by atoms with E-state index in [9.17, 15) is 0 Å². The van der Waals surface area contributed by atoms with Crippen LogP contribution in [0.15, 0.2) is 20.4 Å². The van der Waals surface area contributed by atoms with Crippen LogP contribution in [0.25, 0.3) is 10.8 Å². The molecule has 2 aromatic heterocycles. The van der Waals surface area contributed by atoms with Gasteiger partial charge in [0, 0.05) is 0 Å². The van der Waals surface area contributed by atoms with Crippen molar-refractivity contribution in [3.05, 3.63) is 21.7 Å². The molecule has 1 saturated carbocycles. The lowest BCUT2D eigenvalue weighted by Crippen LogP contribution is -2.37. The number of nitrogens with two attached hydrogens (primary N) is 1. The van der Waals surface area contributed by atoms with Crippen LogP contribution < -0.4 is 5.73 Å². The topological polar surface area (TPSA) is 64.9 Å². The summed E-state index contributed by atoms with van der Waals surface area (Å²) in [4.78, 5) is 5.49. The van der Waals surface area contributed by atoms with Crippen LogP contribution in [0.2, 0.25) is 0 Å². The van der Waals surface area contributed by atoms with Gasteiger partial charge in [-0.25, -0.2) is 0 Å². The summed E-state index contributed by atoms with van der Waals surface area (Å²) in [6, 6.07) is 3.95. The Labute approximate surface area is 124 Å².